The predicted molar refractivity (Wildman–Crippen MR) is 89.0 cm³/mol. The van der Waals surface area contributed by atoms with Crippen LogP contribution in [0.15, 0.2) is 28.6 Å². The molecular formula is C14H14F2N4O2S2. The maximum atomic E-state index is 12.1. The van der Waals surface area contributed by atoms with Crippen molar-refractivity contribution in [3.8, 4) is 5.75 Å². The summed E-state index contributed by atoms with van der Waals surface area (Å²) in [6, 6.07) is 6.26. The van der Waals surface area contributed by atoms with Crippen molar-refractivity contribution < 1.29 is 18.3 Å². The Bertz CT molecular complexity index is 692. The summed E-state index contributed by atoms with van der Waals surface area (Å²) in [4.78, 5) is 11.9. The van der Waals surface area contributed by atoms with Crippen molar-refractivity contribution >= 4 is 39.8 Å². The second-order valence-electron chi connectivity index (χ2n) is 5.03. The number of ether oxygens (including phenoxy) is 1. The Morgan fingerprint density at radius 2 is 2.08 bits per heavy atom. The Labute approximate surface area is 145 Å². The van der Waals surface area contributed by atoms with E-state index in [0.29, 0.717) is 16.1 Å². The minimum Gasteiger partial charge on any atom is -0.435 e. The van der Waals surface area contributed by atoms with E-state index in [-0.39, 0.29) is 17.4 Å². The van der Waals surface area contributed by atoms with Gasteiger partial charge in [0.25, 0.3) is 0 Å². The van der Waals surface area contributed by atoms with Crippen molar-refractivity contribution in [3.05, 3.63) is 24.3 Å². The molecule has 2 aromatic rings. The van der Waals surface area contributed by atoms with Crippen LogP contribution in [-0.2, 0) is 4.79 Å². The molecule has 0 spiro atoms. The fraction of sp³-hybridized carbons (Fsp3) is 0.357. The fourth-order valence-corrected chi connectivity index (χ4v) is 3.40. The lowest BCUT2D eigenvalue weighted by molar-refractivity contribution is -0.113. The molecule has 0 saturated heterocycles. The Balaban J connectivity index is 1.44. The first-order chi connectivity index (χ1) is 11.6. The van der Waals surface area contributed by atoms with Gasteiger partial charge in [0.1, 0.15) is 5.75 Å². The highest BCUT2D eigenvalue weighted by atomic mass is 32.2. The summed E-state index contributed by atoms with van der Waals surface area (Å²) < 4.78 is 29.1. The first-order valence-electron chi connectivity index (χ1n) is 7.16. The highest BCUT2D eigenvalue weighted by Gasteiger charge is 2.22. The van der Waals surface area contributed by atoms with E-state index in [1.807, 2.05) is 0 Å². The third-order valence-corrected chi connectivity index (χ3v) is 4.99. The summed E-state index contributed by atoms with van der Waals surface area (Å²) in [7, 11) is 0. The maximum Gasteiger partial charge on any atom is 0.387 e. The molecule has 0 bridgehead atoms. The average Bonchev–Trinajstić information content (AvgIpc) is 3.23. The van der Waals surface area contributed by atoms with Gasteiger partial charge in [0.2, 0.25) is 11.0 Å². The molecule has 6 nitrogen and oxygen atoms in total. The summed E-state index contributed by atoms with van der Waals surface area (Å²) in [5.41, 5.74) is 0.510. The van der Waals surface area contributed by atoms with Gasteiger partial charge in [-0.2, -0.15) is 8.78 Å². The lowest BCUT2D eigenvalue weighted by Gasteiger charge is -2.07. The number of hydrogen-bond acceptors (Lipinski definition) is 7. The van der Waals surface area contributed by atoms with E-state index in [2.05, 4.69) is 25.6 Å². The van der Waals surface area contributed by atoms with Crippen molar-refractivity contribution in [2.45, 2.75) is 29.8 Å². The molecule has 1 amide bonds. The van der Waals surface area contributed by atoms with Crippen molar-refractivity contribution in [3.63, 3.8) is 0 Å². The topological polar surface area (TPSA) is 76.1 Å². The Morgan fingerprint density at radius 1 is 1.33 bits per heavy atom. The molecule has 1 heterocycles. The zero-order valence-corrected chi connectivity index (χ0v) is 14.0. The lowest BCUT2D eigenvalue weighted by atomic mass is 10.3. The van der Waals surface area contributed by atoms with E-state index in [4.69, 9.17) is 0 Å². The molecular weight excluding hydrogens is 358 g/mol. The van der Waals surface area contributed by atoms with Crippen molar-refractivity contribution in [1.82, 2.24) is 10.2 Å². The van der Waals surface area contributed by atoms with Gasteiger partial charge in [-0.25, -0.2) is 0 Å². The van der Waals surface area contributed by atoms with Crippen LogP contribution in [0.2, 0.25) is 0 Å². The smallest absolute Gasteiger partial charge is 0.387 e. The Kier molecular flexibility index (Phi) is 5.46. The average molecular weight is 372 g/mol. The van der Waals surface area contributed by atoms with Crippen molar-refractivity contribution in [2.24, 2.45) is 0 Å². The molecule has 1 fully saturated rings. The molecule has 1 aliphatic carbocycles. The molecule has 24 heavy (non-hydrogen) atoms. The standard InChI is InChI=1S/C14H14F2N4O2S2/c15-12(16)22-10-5-3-8(4-6-10)17-11(21)7-23-14-20-19-13(24-14)18-9-1-2-9/h3-6,9,12H,1-2,7H2,(H,17,21)(H,18,19). The second kappa shape index (κ2) is 7.75. The van der Waals surface area contributed by atoms with Gasteiger partial charge in [-0.15, -0.1) is 10.2 Å². The predicted octanol–water partition coefficient (Wildman–Crippen LogP) is 3.44. The van der Waals surface area contributed by atoms with Crippen LogP contribution in [0.25, 0.3) is 0 Å². The van der Waals surface area contributed by atoms with Crippen molar-refractivity contribution in [2.75, 3.05) is 16.4 Å². The van der Waals surface area contributed by atoms with E-state index in [9.17, 15) is 13.6 Å². The van der Waals surface area contributed by atoms with Gasteiger partial charge >= 0.3 is 6.61 Å². The van der Waals surface area contributed by atoms with E-state index >= 15 is 0 Å². The number of alkyl halides is 2. The molecule has 1 aliphatic rings. The van der Waals surface area contributed by atoms with Crippen LogP contribution in [-0.4, -0.2) is 34.5 Å². The molecule has 2 N–H and O–H groups in total. The number of anilines is 2. The molecule has 1 aromatic carbocycles. The SMILES string of the molecule is O=C(CSc1nnc(NC2CC2)s1)Nc1ccc(OC(F)F)cc1. The monoisotopic (exact) mass is 372 g/mol. The van der Waals surface area contributed by atoms with Crippen molar-refractivity contribution in [1.29, 1.82) is 0 Å². The first kappa shape index (κ1) is 16.9. The van der Waals surface area contributed by atoms with Gasteiger partial charge in [0.05, 0.1) is 5.75 Å². The number of amides is 1. The van der Waals surface area contributed by atoms with E-state index < -0.39 is 6.61 Å². The number of aromatic nitrogens is 2. The van der Waals surface area contributed by atoms with Gasteiger partial charge in [-0.05, 0) is 37.1 Å². The summed E-state index contributed by atoms with van der Waals surface area (Å²) in [5, 5.41) is 14.7. The van der Waals surface area contributed by atoms with Gasteiger partial charge in [0, 0.05) is 11.7 Å². The number of carbonyl (C=O) groups is 1. The van der Waals surface area contributed by atoms with Crippen LogP contribution in [0, 0.1) is 0 Å². The third-order valence-electron chi connectivity index (χ3n) is 3.00. The quantitative estimate of drug-likeness (QED) is 0.692. The zero-order valence-electron chi connectivity index (χ0n) is 12.4. The number of rotatable bonds is 8. The molecule has 0 atom stereocenters. The summed E-state index contributed by atoms with van der Waals surface area (Å²) >= 11 is 2.72. The fourth-order valence-electron chi connectivity index (χ4n) is 1.77. The van der Waals surface area contributed by atoms with Crippen LogP contribution in [0.5, 0.6) is 5.75 Å². The first-order valence-corrected chi connectivity index (χ1v) is 8.96. The second-order valence-corrected chi connectivity index (χ2v) is 7.23. The summed E-state index contributed by atoms with van der Waals surface area (Å²) in [6.45, 7) is -2.87. The highest BCUT2D eigenvalue weighted by molar-refractivity contribution is 8.01. The molecule has 10 heteroatoms. The molecule has 0 radical (unpaired) electrons. The normalized spacial score (nSPS) is 13.8. The molecule has 128 valence electrons. The van der Waals surface area contributed by atoms with E-state index in [0.717, 1.165) is 18.0 Å². The van der Waals surface area contributed by atoms with Crippen LogP contribution < -0.4 is 15.4 Å². The largest absolute Gasteiger partial charge is 0.435 e. The van der Waals surface area contributed by atoms with Gasteiger partial charge in [0.15, 0.2) is 4.34 Å². The van der Waals surface area contributed by atoms with Crippen LogP contribution >= 0.6 is 23.1 Å². The molecule has 0 aliphatic heterocycles. The Morgan fingerprint density at radius 3 is 2.75 bits per heavy atom. The minimum atomic E-state index is -2.87. The maximum absolute atomic E-state index is 12.1. The number of thioether (sulfide) groups is 1. The summed E-state index contributed by atoms with van der Waals surface area (Å²) in [5.74, 6) is 0.0178. The van der Waals surface area contributed by atoms with E-state index in [1.54, 1.807) is 0 Å². The number of hydrogen-bond donors (Lipinski definition) is 2. The zero-order chi connectivity index (χ0) is 16.9. The lowest BCUT2D eigenvalue weighted by Crippen LogP contribution is -2.13. The number of halogens is 2. The minimum absolute atomic E-state index is 0.0435. The number of carbonyl (C=O) groups excluding carboxylic acids is 1. The number of benzene rings is 1. The van der Waals surface area contributed by atoms with Crippen LogP contribution in [0.1, 0.15) is 12.8 Å². The van der Waals surface area contributed by atoms with Crippen LogP contribution in [0.4, 0.5) is 19.6 Å². The van der Waals surface area contributed by atoms with Gasteiger partial charge in [-0.1, -0.05) is 23.1 Å². The van der Waals surface area contributed by atoms with Gasteiger partial charge < -0.3 is 15.4 Å². The van der Waals surface area contributed by atoms with Gasteiger partial charge in [-0.3, -0.25) is 4.79 Å². The molecule has 0 unspecified atom stereocenters. The Hall–Kier alpha value is -1.94. The molecule has 1 aromatic heterocycles. The van der Waals surface area contributed by atoms with Crippen LogP contribution in [0.3, 0.4) is 0 Å². The number of nitrogens with one attached hydrogen (secondary N) is 2. The summed E-state index contributed by atoms with van der Waals surface area (Å²) in [6.07, 6.45) is 2.32. The highest BCUT2D eigenvalue weighted by Crippen LogP contribution is 2.30. The third kappa shape index (κ3) is 5.31. The molecule has 1 saturated carbocycles. The number of nitrogens with zero attached hydrogens (tertiary/aromatic N) is 2. The molecule has 3 rings (SSSR count). The van der Waals surface area contributed by atoms with E-state index in [1.165, 1.54) is 47.4 Å².